The minimum Gasteiger partial charge on any atom is -0.298 e. The van der Waals surface area contributed by atoms with Crippen molar-refractivity contribution >= 4 is 29.5 Å². The molecule has 0 N–H and O–H groups in total. The van der Waals surface area contributed by atoms with Gasteiger partial charge in [-0.3, -0.25) is 4.79 Å². The SMILES string of the molecule is O=Cc1c(Cl)c(-c2ccccc2)cc(Cl)c1C1CC1. The van der Waals surface area contributed by atoms with Gasteiger partial charge in [-0.05, 0) is 36.0 Å². The minimum absolute atomic E-state index is 0.398. The number of benzene rings is 2. The summed E-state index contributed by atoms with van der Waals surface area (Å²) in [5.74, 6) is 0.398. The predicted molar refractivity (Wildman–Crippen MR) is 79.3 cm³/mol. The molecule has 1 saturated carbocycles. The van der Waals surface area contributed by atoms with Gasteiger partial charge in [-0.15, -0.1) is 0 Å². The van der Waals surface area contributed by atoms with Crippen LogP contribution >= 0.6 is 23.2 Å². The minimum atomic E-state index is 0.398. The van der Waals surface area contributed by atoms with Crippen molar-refractivity contribution in [1.82, 2.24) is 0 Å². The number of hydrogen-bond acceptors (Lipinski definition) is 1. The Morgan fingerprint density at radius 1 is 1.11 bits per heavy atom. The van der Waals surface area contributed by atoms with Crippen LogP contribution in [0.4, 0.5) is 0 Å². The third-order valence-corrected chi connectivity index (χ3v) is 4.20. The van der Waals surface area contributed by atoms with E-state index < -0.39 is 0 Å². The van der Waals surface area contributed by atoms with Crippen molar-refractivity contribution in [2.24, 2.45) is 0 Å². The van der Waals surface area contributed by atoms with Crippen molar-refractivity contribution in [2.45, 2.75) is 18.8 Å². The molecule has 1 aliphatic carbocycles. The average molecular weight is 291 g/mol. The van der Waals surface area contributed by atoms with Crippen LogP contribution in [-0.4, -0.2) is 6.29 Å². The van der Waals surface area contributed by atoms with Gasteiger partial charge in [0.1, 0.15) is 0 Å². The van der Waals surface area contributed by atoms with Crippen LogP contribution in [0.1, 0.15) is 34.7 Å². The molecule has 0 atom stereocenters. The van der Waals surface area contributed by atoms with Gasteiger partial charge in [-0.2, -0.15) is 0 Å². The Balaban J connectivity index is 2.22. The summed E-state index contributed by atoms with van der Waals surface area (Å²) in [6, 6.07) is 11.6. The smallest absolute Gasteiger partial charge is 0.151 e. The molecule has 0 unspecified atom stereocenters. The van der Waals surface area contributed by atoms with E-state index in [9.17, 15) is 4.79 Å². The van der Waals surface area contributed by atoms with Crippen molar-refractivity contribution in [2.75, 3.05) is 0 Å². The molecule has 3 heteroatoms. The maximum Gasteiger partial charge on any atom is 0.151 e. The fourth-order valence-corrected chi connectivity index (χ4v) is 3.06. The zero-order valence-corrected chi connectivity index (χ0v) is 11.7. The Bertz CT molecular complexity index is 631. The van der Waals surface area contributed by atoms with Crippen LogP contribution in [0.3, 0.4) is 0 Å². The molecule has 3 rings (SSSR count). The van der Waals surface area contributed by atoms with Crippen molar-refractivity contribution in [3.05, 3.63) is 57.6 Å². The average Bonchev–Trinajstić information content (AvgIpc) is 3.26. The second-order valence-corrected chi connectivity index (χ2v) is 5.59. The summed E-state index contributed by atoms with van der Waals surface area (Å²) in [5.41, 5.74) is 3.26. The van der Waals surface area contributed by atoms with Gasteiger partial charge in [0.2, 0.25) is 0 Å². The topological polar surface area (TPSA) is 17.1 Å². The number of halogens is 2. The molecule has 0 aromatic heterocycles. The van der Waals surface area contributed by atoms with Gasteiger partial charge in [0.25, 0.3) is 0 Å². The van der Waals surface area contributed by atoms with Gasteiger partial charge >= 0.3 is 0 Å². The van der Waals surface area contributed by atoms with E-state index in [1.165, 1.54) is 0 Å². The number of carbonyl (C=O) groups is 1. The van der Waals surface area contributed by atoms with Crippen LogP contribution < -0.4 is 0 Å². The van der Waals surface area contributed by atoms with Gasteiger partial charge < -0.3 is 0 Å². The Labute approximate surface area is 122 Å². The van der Waals surface area contributed by atoms with E-state index in [2.05, 4.69) is 0 Å². The highest BCUT2D eigenvalue weighted by Crippen LogP contribution is 2.48. The standard InChI is InChI=1S/C16H12Cl2O/c17-14-8-12(10-4-2-1-3-5-10)16(18)13(9-19)15(14)11-6-7-11/h1-5,8-9,11H,6-7H2. The summed E-state index contributed by atoms with van der Waals surface area (Å²) < 4.78 is 0. The summed E-state index contributed by atoms with van der Waals surface area (Å²) >= 11 is 12.8. The van der Waals surface area contributed by atoms with Gasteiger partial charge in [0, 0.05) is 16.1 Å². The van der Waals surface area contributed by atoms with E-state index in [0.29, 0.717) is 21.5 Å². The van der Waals surface area contributed by atoms with Crippen LogP contribution in [0.15, 0.2) is 36.4 Å². The van der Waals surface area contributed by atoms with Crippen LogP contribution in [0.2, 0.25) is 10.0 Å². The summed E-state index contributed by atoms with van der Waals surface area (Å²) in [5, 5.41) is 1.15. The summed E-state index contributed by atoms with van der Waals surface area (Å²) in [6.07, 6.45) is 3.00. The molecule has 0 saturated heterocycles. The Morgan fingerprint density at radius 3 is 2.37 bits per heavy atom. The van der Waals surface area contributed by atoms with Crippen molar-refractivity contribution < 1.29 is 4.79 Å². The number of rotatable bonds is 3. The van der Waals surface area contributed by atoms with Crippen LogP contribution in [-0.2, 0) is 0 Å². The second-order valence-electron chi connectivity index (χ2n) is 4.81. The third kappa shape index (κ3) is 2.29. The molecule has 0 bridgehead atoms. The summed E-state index contributed by atoms with van der Waals surface area (Å²) in [7, 11) is 0. The lowest BCUT2D eigenvalue weighted by molar-refractivity contribution is 0.112. The van der Waals surface area contributed by atoms with Crippen molar-refractivity contribution in [3.8, 4) is 11.1 Å². The van der Waals surface area contributed by atoms with Gasteiger partial charge in [-0.25, -0.2) is 0 Å². The lowest BCUT2D eigenvalue weighted by Gasteiger charge is -2.13. The summed E-state index contributed by atoms with van der Waals surface area (Å²) in [6.45, 7) is 0. The highest BCUT2D eigenvalue weighted by atomic mass is 35.5. The fourth-order valence-electron chi connectivity index (χ4n) is 2.39. The molecule has 2 aromatic carbocycles. The second kappa shape index (κ2) is 4.99. The molecular weight excluding hydrogens is 279 g/mol. The van der Waals surface area contributed by atoms with E-state index in [4.69, 9.17) is 23.2 Å². The molecule has 19 heavy (non-hydrogen) atoms. The molecule has 0 heterocycles. The van der Waals surface area contributed by atoms with Gasteiger partial charge in [0.05, 0.1) is 5.02 Å². The van der Waals surface area contributed by atoms with Crippen LogP contribution in [0.5, 0.6) is 0 Å². The van der Waals surface area contributed by atoms with E-state index in [1.807, 2.05) is 36.4 Å². The van der Waals surface area contributed by atoms with Gasteiger partial charge in [-0.1, -0.05) is 53.5 Å². The van der Waals surface area contributed by atoms with Gasteiger partial charge in [0.15, 0.2) is 6.29 Å². The Kier molecular flexibility index (Phi) is 3.34. The Hall–Kier alpha value is -1.31. The monoisotopic (exact) mass is 290 g/mol. The largest absolute Gasteiger partial charge is 0.298 e. The molecule has 0 aliphatic heterocycles. The quantitative estimate of drug-likeness (QED) is 0.697. The maximum atomic E-state index is 11.4. The first kappa shape index (κ1) is 12.7. The van der Waals surface area contributed by atoms with Crippen molar-refractivity contribution in [3.63, 3.8) is 0 Å². The molecule has 0 amide bonds. The molecular formula is C16H12Cl2O. The molecule has 96 valence electrons. The lowest BCUT2D eigenvalue weighted by atomic mass is 9.97. The summed E-state index contributed by atoms with van der Waals surface area (Å²) in [4.78, 5) is 11.4. The third-order valence-electron chi connectivity index (χ3n) is 3.48. The van der Waals surface area contributed by atoms with E-state index in [1.54, 1.807) is 0 Å². The molecule has 0 radical (unpaired) electrons. The maximum absolute atomic E-state index is 11.4. The molecule has 1 fully saturated rings. The van der Waals surface area contributed by atoms with E-state index in [-0.39, 0.29) is 0 Å². The van der Waals surface area contributed by atoms with E-state index in [0.717, 1.165) is 35.8 Å². The molecule has 1 nitrogen and oxygen atoms in total. The lowest BCUT2D eigenvalue weighted by Crippen LogP contribution is -1.96. The highest BCUT2D eigenvalue weighted by Gasteiger charge is 2.30. The normalized spacial score (nSPS) is 14.4. The molecule has 1 aliphatic rings. The highest BCUT2D eigenvalue weighted by molar-refractivity contribution is 6.38. The number of hydrogen-bond donors (Lipinski definition) is 0. The number of carbonyl (C=O) groups excluding carboxylic acids is 1. The number of aldehydes is 1. The predicted octanol–water partition coefficient (Wildman–Crippen LogP) is 5.35. The van der Waals surface area contributed by atoms with Crippen LogP contribution in [0, 0.1) is 0 Å². The van der Waals surface area contributed by atoms with Crippen molar-refractivity contribution in [1.29, 1.82) is 0 Å². The zero-order valence-electron chi connectivity index (χ0n) is 10.2. The first-order valence-electron chi connectivity index (χ1n) is 6.25. The van der Waals surface area contributed by atoms with E-state index >= 15 is 0 Å². The molecule has 0 spiro atoms. The Morgan fingerprint density at radius 2 is 1.79 bits per heavy atom. The fraction of sp³-hybridized carbons (Fsp3) is 0.188. The first-order chi connectivity index (χ1) is 9.22. The van der Waals surface area contributed by atoms with Crippen LogP contribution in [0.25, 0.3) is 11.1 Å². The first-order valence-corrected chi connectivity index (χ1v) is 7.00. The zero-order chi connectivity index (χ0) is 13.4. The molecule has 2 aromatic rings.